The molecule has 2 amide bonds. The highest BCUT2D eigenvalue weighted by molar-refractivity contribution is 5.97. The van der Waals surface area contributed by atoms with Crippen molar-refractivity contribution in [2.45, 2.75) is 77.9 Å². The normalized spacial score (nSPS) is 17.8. The Kier molecular flexibility index (Phi) is 7.65. The van der Waals surface area contributed by atoms with E-state index in [1.54, 1.807) is 40.7 Å². The lowest BCUT2D eigenvalue weighted by molar-refractivity contribution is -0.144. The van der Waals surface area contributed by atoms with Gasteiger partial charge >= 0.3 is 12.1 Å². The van der Waals surface area contributed by atoms with Gasteiger partial charge in [0, 0.05) is 0 Å². The van der Waals surface area contributed by atoms with Gasteiger partial charge in [0.1, 0.15) is 17.5 Å². The van der Waals surface area contributed by atoms with E-state index < -0.39 is 41.3 Å². The number of hydrogen-bond donors (Lipinski definition) is 2. The molecule has 0 radical (unpaired) electrons. The average Bonchev–Trinajstić information content (AvgIpc) is 3.62. The van der Waals surface area contributed by atoms with Crippen LogP contribution in [-0.2, 0) is 19.1 Å². The Morgan fingerprint density at radius 1 is 1.12 bits per heavy atom. The molecule has 1 aromatic rings. The quantitative estimate of drug-likeness (QED) is 0.516. The number of carbonyl (C=O) groups is 3. The van der Waals surface area contributed by atoms with Crippen molar-refractivity contribution in [1.82, 2.24) is 5.32 Å². The maximum absolute atomic E-state index is 14.8. The zero-order valence-corrected chi connectivity index (χ0v) is 20.1. The van der Waals surface area contributed by atoms with Crippen LogP contribution >= 0.6 is 0 Å². The third kappa shape index (κ3) is 6.92. The molecule has 0 spiro atoms. The highest BCUT2D eigenvalue weighted by Gasteiger charge is 2.48. The fourth-order valence-electron chi connectivity index (χ4n) is 4.18. The van der Waals surface area contributed by atoms with E-state index >= 15 is 0 Å². The number of hydrogen-bond acceptors (Lipinski definition) is 5. The number of esters is 1. The Balaban J connectivity index is 1.76. The zero-order valence-electron chi connectivity index (χ0n) is 20.1. The molecule has 7 nitrogen and oxygen atoms in total. The van der Waals surface area contributed by atoms with E-state index in [1.165, 1.54) is 12.1 Å². The van der Waals surface area contributed by atoms with E-state index in [0.717, 1.165) is 25.7 Å². The fourth-order valence-corrected chi connectivity index (χ4v) is 4.18. The Bertz CT molecular complexity index is 877. The average molecular weight is 463 g/mol. The second-order valence-electron chi connectivity index (χ2n) is 10.1. The first kappa shape index (κ1) is 25.0. The van der Waals surface area contributed by atoms with Gasteiger partial charge in [0.05, 0.1) is 18.2 Å². The van der Waals surface area contributed by atoms with Crippen molar-refractivity contribution in [3.63, 3.8) is 0 Å². The van der Waals surface area contributed by atoms with Crippen LogP contribution in [-0.4, -0.2) is 36.2 Å². The molecule has 2 atom stereocenters. The molecule has 2 aliphatic carbocycles. The number of alkyl carbamates (subject to hydrolysis) is 1. The number of carbonyl (C=O) groups excluding carboxylic acids is 3. The van der Waals surface area contributed by atoms with Gasteiger partial charge in [-0.25, -0.2) is 9.18 Å². The first-order valence-electron chi connectivity index (χ1n) is 11.8. The lowest BCUT2D eigenvalue weighted by Crippen LogP contribution is -2.51. The lowest BCUT2D eigenvalue weighted by Gasteiger charge is -2.29. The Labute approximate surface area is 194 Å². The van der Waals surface area contributed by atoms with Crippen LogP contribution < -0.4 is 10.6 Å². The van der Waals surface area contributed by atoms with Gasteiger partial charge in [0.25, 0.3) is 0 Å². The molecule has 2 fully saturated rings. The van der Waals surface area contributed by atoms with Crippen molar-refractivity contribution in [1.29, 1.82) is 0 Å². The van der Waals surface area contributed by atoms with Crippen LogP contribution in [0.3, 0.4) is 0 Å². The maximum Gasteiger partial charge on any atom is 0.408 e. The molecule has 0 saturated heterocycles. The van der Waals surface area contributed by atoms with E-state index in [1.807, 2.05) is 0 Å². The van der Waals surface area contributed by atoms with Crippen LogP contribution in [0.15, 0.2) is 18.2 Å². The Morgan fingerprint density at radius 3 is 2.21 bits per heavy atom. The predicted octanol–water partition coefficient (Wildman–Crippen LogP) is 4.76. The largest absolute Gasteiger partial charge is 0.466 e. The van der Waals surface area contributed by atoms with Crippen LogP contribution in [0.4, 0.5) is 14.9 Å². The van der Waals surface area contributed by atoms with Gasteiger partial charge in [-0.2, -0.15) is 0 Å². The summed E-state index contributed by atoms with van der Waals surface area (Å²) < 4.78 is 25.2. The molecule has 0 heterocycles. The van der Waals surface area contributed by atoms with Gasteiger partial charge in [0.2, 0.25) is 5.91 Å². The molecule has 182 valence electrons. The number of amides is 2. The molecule has 2 saturated carbocycles. The first-order valence-corrected chi connectivity index (χ1v) is 11.8. The van der Waals surface area contributed by atoms with E-state index in [4.69, 9.17) is 9.47 Å². The zero-order chi connectivity index (χ0) is 24.3. The Morgan fingerprint density at radius 2 is 1.73 bits per heavy atom. The van der Waals surface area contributed by atoms with Gasteiger partial charge in [-0.05, 0) is 95.8 Å². The van der Waals surface area contributed by atoms with E-state index in [2.05, 4.69) is 10.6 Å². The summed E-state index contributed by atoms with van der Waals surface area (Å²) in [5, 5.41) is 5.40. The fraction of sp³-hybridized carbons (Fsp3) is 0.640. The minimum Gasteiger partial charge on any atom is -0.466 e. The molecule has 0 aliphatic heterocycles. The topological polar surface area (TPSA) is 93.7 Å². The number of halogens is 1. The molecule has 33 heavy (non-hydrogen) atoms. The van der Waals surface area contributed by atoms with Crippen LogP contribution in [0.5, 0.6) is 0 Å². The summed E-state index contributed by atoms with van der Waals surface area (Å²) in [6.07, 6.45) is 3.44. The van der Waals surface area contributed by atoms with Crippen molar-refractivity contribution in [2.75, 3.05) is 11.9 Å². The highest BCUT2D eigenvalue weighted by atomic mass is 19.1. The molecule has 2 unspecified atom stereocenters. The van der Waals surface area contributed by atoms with Gasteiger partial charge in [0.15, 0.2) is 0 Å². The van der Waals surface area contributed by atoms with Crippen LogP contribution in [0, 0.1) is 23.6 Å². The third-order valence-corrected chi connectivity index (χ3v) is 6.06. The number of ether oxygens (including phenoxy) is 2. The van der Waals surface area contributed by atoms with Crippen molar-refractivity contribution in [2.24, 2.45) is 17.8 Å². The SMILES string of the molecule is CCOC(=O)C(C)c1ccc(NC(=O)C(NC(=O)OC(C)(C)C)C(C2CC2)C2CC2)c(F)c1. The summed E-state index contributed by atoms with van der Waals surface area (Å²) in [5.74, 6) is -1.42. The predicted molar refractivity (Wildman–Crippen MR) is 122 cm³/mol. The maximum atomic E-state index is 14.8. The summed E-state index contributed by atoms with van der Waals surface area (Å²) in [7, 11) is 0. The number of benzene rings is 1. The summed E-state index contributed by atoms with van der Waals surface area (Å²) >= 11 is 0. The smallest absolute Gasteiger partial charge is 0.408 e. The molecule has 8 heteroatoms. The van der Waals surface area contributed by atoms with Gasteiger partial charge in [-0.3, -0.25) is 9.59 Å². The lowest BCUT2D eigenvalue weighted by atomic mass is 9.88. The van der Waals surface area contributed by atoms with Crippen LogP contribution in [0.1, 0.15) is 71.8 Å². The summed E-state index contributed by atoms with van der Waals surface area (Å²) in [4.78, 5) is 37.7. The summed E-state index contributed by atoms with van der Waals surface area (Å²) in [6, 6.07) is 3.45. The van der Waals surface area contributed by atoms with E-state index in [0.29, 0.717) is 17.4 Å². The van der Waals surface area contributed by atoms with Gasteiger partial charge in [-0.15, -0.1) is 0 Å². The molecule has 0 bridgehead atoms. The minimum atomic E-state index is -0.808. The molecular weight excluding hydrogens is 427 g/mol. The monoisotopic (exact) mass is 462 g/mol. The van der Waals surface area contributed by atoms with E-state index in [-0.39, 0.29) is 18.2 Å². The Hall–Kier alpha value is -2.64. The minimum absolute atomic E-state index is 0.00106. The van der Waals surface area contributed by atoms with Crippen molar-refractivity contribution >= 4 is 23.7 Å². The molecule has 2 aliphatic rings. The third-order valence-electron chi connectivity index (χ3n) is 6.06. The van der Waals surface area contributed by atoms with Crippen LogP contribution in [0.2, 0.25) is 0 Å². The highest BCUT2D eigenvalue weighted by Crippen LogP contribution is 2.51. The number of rotatable bonds is 9. The molecule has 3 rings (SSSR count). The number of nitrogens with one attached hydrogen (secondary N) is 2. The van der Waals surface area contributed by atoms with Gasteiger partial charge < -0.3 is 20.1 Å². The van der Waals surface area contributed by atoms with Gasteiger partial charge in [-0.1, -0.05) is 6.07 Å². The summed E-state index contributed by atoms with van der Waals surface area (Å²) in [6.45, 7) is 8.87. The second kappa shape index (κ2) is 10.1. The molecule has 1 aromatic carbocycles. The first-order chi connectivity index (χ1) is 15.5. The van der Waals surface area contributed by atoms with Crippen molar-refractivity contribution in [3.8, 4) is 0 Å². The number of anilines is 1. The summed E-state index contributed by atoms with van der Waals surface area (Å²) in [5.41, 5.74) is -0.237. The van der Waals surface area contributed by atoms with Crippen LogP contribution in [0.25, 0.3) is 0 Å². The van der Waals surface area contributed by atoms with E-state index in [9.17, 15) is 18.8 Å². The van der Waals surface area contributed by atoms with Crippen molar-refractivity contribution < 1.29 is 28.2 Å². The molecule has 2 N–H and O–H groups in total. The molecule has 0 aromatic heterocycles. The second-order valence-corrected chi connectivity index (χ2v) is 10.1. The molecular formula is C25H35FN2O5. The van der Waals surface area contributed by atoms with Crippen molar-refractivity contribution in [3.05, 3.63) is 29.6 Å². The standard InChI is InChI=1S/C25H35FN2O5/c1-6-32-23(30)14(2)17-11-12-19(18(26)13-17)27-22(29)21(28-24(31)33-25(3,4)5)20(15-7-8-15)16-9-10-16/h11-16,20-21H,6-10H2,1-5H3,(H,27,29)(H,28,31).